The summed E-state index contributed by atoms with van der Waals surface area (Å²) in [6, 6.07) is 14.4. The van der Waals surface area contributed by atoms with Gasteiger partial charge in [-0.25, -0.2) is 24.9 Å². The number of aromatic nitrogens is 11. The second-order valence-corrected chi connectivity index (χ2v) is 24.7. The molecule has 0 amide bonds. The molecule has 91 heavy (non-hydrogen) atoms. The van der Waals surface area contributed by atoms with Gasteiger partial charge in [0.1, 0.15) is 25.9 Å². The number of oxime groups is 2. The van der Waals surface area contributed by atoms with Crippen LogP contribution in [0, 0.1) is 49.4 Å². The van der Waals surface area contributed by atoms with Crippen LogP contribution >= 0.6 is 11.3 Å². The van der Waals surface area contributed by atoms with Gasteiger partial charge in [0.2, 0.25) is 0 Å². The summed E-state index contributed by atoms with van der Waals surface area (Å²) in [6.45, 7) is 45.2. The van der Waals surface area contributed by atoms with Gasteiger partial charge < -0.3 is 9.68 Å². The standard InChI is InChI=1S/C11H15N.C9H13N.2C8H12N2.C8H14N2.C7H10N2.C7H11NS.C6H13NO.C5H11NO.6CH4/c1-9(2)11(6-7-11)10-5-3-4-8-12-10;1-8(2)7-9-5-3-4-6-10-9;1-6(2)8-5-9-7(3)4-10-8;1-6(2)8-9-4-7(3)5-10-8;1-7(2)6-8-4-5-9-10(8)3;1-6(2)7-3-8-5-9-4-7;1-6(2)3-7-4-9-5-8-7;1-4-8-7-5-6(2)3;1-5(2)4-6-7-3;;;;;;/h3-5,8-9H,6-7H2,1-2H3;3-6,8H,7H2,1-2H3;2*4-6H,1-3H3;4-5,7H,6H2,1-3H3;3-6H,1-2H3;4-6H,3H2,1-2H3;5-6H,4H2,1-3H3;4-5H,1-3H3;6*1H4. The summed E-state index contributed by atoms with van der Waals surface area (Å²) >= 11 is 1.67. The Morgan fingerprint density at radius 2 is 1.10 bits per heavy atom. The monoisotopic (exact) mass is 1280 g/mol. The summed E-state index contributed by atoms with van der Waals surface area (Å²) in [5, 5.41) is 13.4. The minimum Gasteiger partial charge on any atom is -0.399 e. The highest BCUT2D eigenvalue weighted by Gasteiger charge is 2.47. The quantitative estimate of drug-likeness (QED) is 0.0662. The molecule has 1 aliphatic carbocycles. The number of rotatable bonds is 16. The van der Waals surface area contributed by atoms with Gasteiger partial charge in [-0.2, -0.15) is 5.10 Å². The van der Waals surface area contributed by atoms with Crippen molar-refractivity contribution in [1.82, 2.24) is 54.6 Å². The molecule has 15 nitrogen and oxygen atoms in total. The molecule has 16 heteroatoms. The SMILES string of the molecule is C.C.C.C.C.C.CC(C)C1(c2ccccn2)CC1.CC(C)Cc1ccccn1.CC(C)Cc1ccnn1C.CC(C)Cc1cscn1.CC(C)c1cncnc1.CCON=CC(C)C.CON=CC(C)C.Cc1cnc(C(C)C)cn1.Cc1cnc(C(C)C)nc1. The second kappa shape index (κ2) is 58.4. The van der Waals surface area contributed by atoms with Gasteiger partial charge >= 0.3 is 0 Å². The fourth-order valence-corrected chi connectivity index (χ4v) is 7.64. The molecule has 8 rings (SSSR count). The topological polar surface area (TPSA) is 177 Å². The predicted octanol–water partition coefficient (Wildman–Crippen LogP) is 21.2. The molecular weight excluding hydrogens is 1150 g/mol. The van der Waals surface area contributed by atoms with E-state index in [1.807, 2.05) is 120 Å². The first-order valence-corrected chi connectivity index (χ1v) is 31.4. The minimum atomic E-state index is 0. The highest BCUT2D eigenvalue weighted by molar-refractivity contribution is 7.07. The summed E-state index contributed by atoms with van der Waals surface area (Å²) in [5.41, 5.74) is 11.7. The van der Waals surface area contributed by atoms with Crippen molar-refractivity contribution in [3.63, 3.8) is 0 Å². The van der Waals surface area contributed by atoms with Crippen molar-refractivity contribution in [1.29, 1.82) is 0 Å². The zero-order valence-electron chi connectivity index (χ0n) is 56.6. The summed E-state index contributed by atoms with van der Waals surface area (Å²) in [6.07, 6.45) is 27.7. The Balaban J connectivity index is -0.000000174. The molecule has 0 unspecified atom stereocenters. The highest BCUT2D eigenvalue weighted by atomic mass is 32.1. The van der Waals surface area contributed by atoms with Crippen molar-refractivity contribution in [2.75, 3.05) is 13.7 Å². The molecule has 0 N–H and O–H groups in total. The molecule has 1 fully saturated rings. The number of nitrogens with zero attached hydrogens (tertiary/aromatic N) is 13. The van der Waals surface area contributed by atoms with Gasteiger partial charge in [-0.15, -0.1) is 11.3 Å². The van der Waals surface area contributed by atoms with Gasteiger partial charge in [-0.05, 0) is 142 Å². The minimum absolute atomic E-state index is 0. The number of aryl methyl sites for hydroxylation is 3. The van der Waals surface area contributed by atoms with Gasteiger partial charge in [0.25, 0.3) is 0 Å². The Bertz CT molecular complexity index is 2610. The van der Waals surface area contributed by atoms with Crippen LogP contribution in [0.4, 0.5) is 0 Å². The molecule has 0 radical (unpaired) electrons. The van der Waals surface area contributed by atoms with Gasteiger partial charge in [0, 0.05) is 109 Å². The van der Waals surface area contributed by atoms with E-state index in [0.717, 1.165) is 59.8 Å². The lowest BCUT2D eigenvalue weighted by atomic mass is 9.89. The first-order chi connectivity index (χ1) is 40.3. The molecule has 7 heterocycles. The normalized spacial score (nSPS) is 11.0. The van der Waals surface area contributed by atoms with E-state index >= 15 is 0 Å². The van der Waals surface area contributed by atoms with Crippen LogP contribution in [-0.4, -0.2) is 80.8 Å². The number of hydrogen-bond donors (Lipinski definition) is 0. The third-order valence-electron chi connectivity index (χ3n) is 12.0. The molecule has 0 aliphatic heterocycles. The van der Waals surface area contributed by atoms with Crippen LogP contribution in [-0.2, 0) is 41.4 Å². The lowest BCUT2D eigenvalue weighted by Crippen LogP contribution is -2.15. The molecule has 1 aliphatic rings. The maximum absolute atomic E-state index is 4.71. The third-order valence-corrected chi connectivity index (χ3v) is 12.7. The zero-order chi connectivity index (χ0) is 64.2. The van der Waals surface area contributed by atoms with Crippen LogP contribution in [0.3, 0.4) is 0 Å². The lowest BCUT2D eigenvalue weighted by Gasteiger charge is -2.18. The van der Waals surface area contributed by atoms with Crippen LogP contribution in [0.5, 0.6) is 0 Å². The smallest absolute Gasteiger partial charge is 0.130 e. The van der Waals surface area contributed by atoms with Crippen molar-refractivity contribution >= 4 is 23.8 Å². The van der Waals surface area contributed by atoms with E-state index in [1.54, 1.807) is 43.4 Å². The first-order valence-electron chi connectivity index (χ1n) is 30.5. The third kappa shape index (κ3) is 50.6. The molecule has 0 aromatic carbocycles. The van der Waals surface area contributed by atoms with Crippen molar-refractivity contribution in [2.45, 2.75) is 245 Å². The van der Waals surface area contributed by atoms with Crippen molar-refractivity contribution in [3.05, 3.63) is 167 Å². The number of pyridine rings is 2. The Labute approximate surface area is 563 Å². The van der Waals surface area contributed by atoms with Gasteiger partial charge in [0.05, 0.1) is 22.6 Å². The molecular formula is C75H135N13O2S. The summed E-state index contributed by atoms with van der Waals surface area (Å²) in [7, 11) is 3.52. The van der Waals surface area contributed by atoms with E-state index < -0.39 is 0 Å². The average Bonchev–Trinajstić information content (AvgIpc) is 3.87. The molecule has 518 valence electrons. The Hall–Kier alpha value is -6.68. The zero-order valence-corrected chi connectivity index (χ0v) is 57.4. The molecule has 1 saturated carbocycles. The Morgan fingerprint density at radius 3 is 1.45 bits per heavy atom. The maximum Gasteiger partial charge on any atom is 0.130 e. The number of hydrogen-bond acceptors (Lipinski definition) is 15. The first kappa shape index (κ1) is 97.9. The molecule has 0 atom stereocenters. The Kier molecular flexibility index (Phi) is 62.8. The average molecular weight is 1280 g/mol. The van der Waals surface area contributed by atoms with Gasteiger partial charge in [0.15, 0.2) is 0 Å². The summed E-state index contributed by atoms with van der Waals surface area (Å²) < 4.78 is 1.93. The van der Waals surface area contributed by atoms with Crippen LogP contribution in [0.1, 0.15) is 258 Å². The van der Waals surface area contributed by atoms with Crippen LogP contribution in [0.2, 0.25) is 0 Å². The van der Waals surface area contributed by atoms with Crippen molar-refractivity contribution < 1.29 is 9.68 Å². The Morgan fingerprint density at radius 1 is 0.560 bits per heavy atom. The summed E-state index contributed by atoms with van der Waals surface area (Å²) in [4.78, 5) is 46.4. The van der Waals surface area contributed by atoms with Crippen LogP contribution in [0.25, 0.3) is 0 Å². The largest absolute Gasteiger partial charge is 0.399 e. The van der Waals surface area contributed by atoms with Crippen molar-refractivity contribution in [2.24, 2.45) is 52.9 Å². The highest BCUT2D eigenvalue weighted by Crippen LogP contribution is 2.52. The van der Waals surface area contributed by atoms with E-state index in [-0.39, 0.29) is 44.6 Å². The summed E-state index contributed by atoms with van der Waals surface area (Å²) in [5.74, 6) is 6.22. The van der Waals surface area contributed by atoms with Gasteiger partial charge in [-0.3, -0.25) is 24.6 Å². The molecule has 0 bridgehead atoms. The van der Waals surface area contributed by atoms with E-state index in [2.05, 4.69) is 206 Å². The van der Waals surface area contributed by atoms with E-state index in [0.29, 0.717) is 47.5 Å². The number of thiazole rings is 1. The molecule has 0 saturated heterocycles. The lowest BCUT2D eigenvalue weighted by molar-refractivity contribution is 0.159. The van der Waals surface area contributed by atoms with Crippen LogP contribution in [0.15, 0.2) is 126 Å². The van der Waals surface area contributed by atoms with E-state index in [4.69, 9.17) is 4.84 Å². The fourth-order valence-electron chi connectivity index (χ4n) is 7.07. The van der Waals surface area contributed by atoms with E-state index in [9.17, 15) is 0 Å². The van der Waals surface area contributed by atoms with Gasteiger partial charge in [-0.1, -0.05) is 192 Å². The molecule has 7 aromatic heterocycles. The molecule has 0 spiro atoms. The fraction of sp³-hybridized carbons (Fsp3) is 0.600. The van der Waals surface area contributed by atoms with Crippen LogP contribution < -0.4 is 0 Å². The second-order valence-electron chi connectivity index (χ2n) is 24.0. The maximum atomic E-state index is 4.71. The molecule has 7 aromatic rings. The van der Waals surface area contributed by atoms with Crippen molar-refractivity contribution in [3.8, 4) is 0 Å². The van der Waals surface area contributed by atoms with E-state index in [1.165, 1.54) is 41.2 Å². The predicted molar refractivity (Wildman–Crippen MR) is 399 cm³/mol.